The number of hydrogen-bond acceptors (Lipinski definition) is 6. The highest BCUT2D eigenvalue weighted by molar-refractivity contribution is 5.88. The molecule has 0 radical (unpaired) electrons. The first kappa shape index (κ1) is 15.6. The number of carboxylic acid groups (broad SMARTS) is 1. The lowest BCUT2D eigenvalue weighted by atomic mass is 9.87. The fourth-order valence-corrected chi connectivity index (χ4v) is 3.02. The van der Waals surface area contributed by atoms with Crippen LogP contribution in [0.1, 0.15) is 35.2 Å². The summed E-state index contributed by atoms with van der Waals surface area (Å²) < 4.78 is 16.4. The van der Waals surface area contributed by atoms with E-state index in [0.717, 1.165) is 0 Å². The summed E-state index contributed by atoms with van der Waals surface area (Å²) in [5.41, 5.74) is 5.73. The second-order valence-corrected chi connectivity index (χ2v) is 5.64. The van der Waals surface area contributed by atoms with Gasteiger partial charge in [0, 0.05) is 12.0 Å². The van der Waals surface area contributed by atoms with Crippen molar-refractivity contribution in [3.05, 3.63) is 29.3 Å². The first-order valence-electron chi connectivity index (χ1n) is 7.25. The van der Waals surface area contributed by atoms with Gasteiger partial charge in [0.2, 0.25) is 5.79 Å². The van der Waals surface area contributed by atoms with Gasteiger partial charge >= 0.3 is 12.1 Å². The number of aliphatic hydroxyl groups excluding tert-OH is 1. The first-order valence-corrected chi connectivity index (χ1v) is 7.25. The summed E-state index contributed by atoms with van der Waals surface area (Å²) in [5, 5.41) is 19.5. The highest BCUT2D eigenvalue weighted by Gasteiger charge is 2.51. The lowest BCUT2D eigenvalue weighted by molar-refractivity contribution is -0.288. The number of amides is 1. The van der Waals surface area contributed by atoms with Crippen LogP contribution in [-0.2, 0) is 16.1 Å². The van der Waals surface area contributed by atoms with Crippen molar-refractivity contribution in [2.75, 3.05) is 0 Å². The van der Waals surface area contributed by atoms with Gasteiger partial charge in [-0.15, -0.1) is 0 Å². The monoisotopic (exact) mass is 323 g/mol. The second kappa shape index (κ2) is 5.71. The number of carboxylic acids is 1. The maximum atomic E-state index is 11.0. The van der Waals surface area contributed by atoms with Crippen molar-refractivity contribution < 1.29 is 34.0 Å². The molecule has 0 unspecified atom stereocenters. The molecule has 124 valence electrons. The number of benzene rings is 1. The molecule has 3 rings (SSSR count). The van der Waals surface area contributed by atoms with Crippen LogP contribution in [0.2, 0.25) is 0 Å². The van der Waals surface area contributed by atoms with Gasteiger partial charge in [-0.05, 0) is 31.0 Å². The van der Waals surface area contributed by atoms with Gasteiger partial charge in [-0.2, -0.15) is 0 Å². The fourth-order valence-electron chi connectivity index (χ4n) is 3.02. The Morgan fingerprint density at radius 2 is 2.17 bits per heavy atom. The van der Waals surface area contributed by atoms with Crippen molar-refractivity contribution in [2.24, 2.45) is 5.73 Å². The number of carbonyl (C=O) groups is 2. The van der Waals surface area contributed by atoms with Crippen LogP contribution in [0.4, 0.5) is 4.79 Å². The minimum atomic E-state index is -1.32. The molecule has 1 aromatic rings. The summed E-state index contributed by atoms with van der Waals surface area (Å²) in [5.74, 6) is -1.92. The van der Waals surface area contributed by atoms with Crippen molar-refractivity contribution in [1.82, 2.24) is 0 Å². The summed E-state index contributed by atoms with van der Waals surface area (Å²) >= 11 is 0. The zero-order chi connectivity index (χ0) is 16.6. The molecule has 4 N–H and O–H groups in total. The number of carbonyl (C=O) groups excluding carboxylic acids is 1. The topological polar surface area (TPSA) is 128 Å². The van der Waals surface area contributed by atoms with Crippen molar-refractivity contribution in [3.8, 4) is 5.75 Å². The molecule has 23 heavy (non-hydrogen) atoms. The summed E-state index contributed by atoms with van der Waals surface area (Å²) in [6.45, 7) is 0.0941. The van der Waals surface area contributed by atoms with E-state index < -0.39 is 30.1 Å². The molecule has 1 aliphatic heterocycles. The number of aliphatic hydroxyl groups is 1. The van der Waals surface area contributed by atoms with Crippen molar-refractivity contribution in [3.63, 3.8) is 0 Å². The Hall–Kier alpha value is -2.32. The van der Waals surface area contributed by atoms with E-state index in [9.17, 15) is 14.7 Å². The number of fused-ring (bicyclic) bond motifs is 1. The molecule has 0 saturated heterocycles. The molecular formula is C15H17NO7. The van der Waals surface area contributed by atoms with Gasteiger partial charge in [-0.25, -0.2) is 9.59 Å². The quantitative estimate of drug-likeness (QED) is 0.740. The fraction of sp³-hybridized carbons (Fsp3) is 0.467. The smallest absolute Gasteiger partial charge is 0.404 e. The average molecular weight is 323 g/mol. The van der Waals surface area contributed by atoms with E-state index >= 15 is 0 Å². The van der Waals surface area contributed by atoms with E-state index in [4.69, 9.17) is 25.1 Å². The third-order valence-corrected chi connectivity index (χ3v) is 4.15. The largest absolute Gasteiger partial charge is 0.478 e. The van der Waals surface area contributed by atoms with Crippen LogP contribution >= 0.6 is 0 Å². The Morgan fingerprint density at radius 1 is 1.39 bits per heavy atom. The summed E-state index contributed by atoms with van der Waals surface area (Å²) in [6.07, 6.45) is -1.45. The molecule has 0 aromatic heterocycles. The highest BCUT2D eigenvalue weighted by Crippen LogP contribution is 2.41. The molecule has 1 aliphatic carbocycles. The van der Waals surface area contributed by atoms with Gasteiger partial charge < -0.3 is 30.2 Å². The molecule has 1 amide bonds. The first-order chi connectivity index (χ1) is 10.9. The summed E-state index contributed by atoms with van der Waals surface area (Å²) in [7, 11) is 0. The average Bonchev–Trinajstić information content (AvgIpc) is 2.51. The van der Waals surface area contributed by atoms with E-state index in [-0.39, 0.29) is 12.2 Å². The van der Waals surface area contributed by atoms with Gasteiger partial charge in [-0.3, -0.25) is 0 Å². The molecule has 2 aliphatic rings. The van der Waals surface area contributed by atoms with Crippen LogP contribution in [0.15, 0.2) is 18.2 Å². The maximum Gasteiger partial charge on any atom is 0.404 e. The summed E-state index contributed by atoms with van der Waals surface area (Å²) in [4.78, 5) is 21.9. The molecule has 3 atom stereocenters. The number of nitrogens with two attached hydrogens (primary N) is 1. The lowest BCUT2D eigenvalue weighted by Gasteiger charge is -2.46. The maximum absolute atomic E-state index is 11.0. The number of primary amides is 1. The standard InChI is InChI=1S/C15H17NO7/c16-14(20)22-11-2-1-5-15(12(11)17)21-7-9-6-8(13(18)19)3-4-10(9)23-15/h3-4,6,11-12,17H,1-2,5,7H2,(H2,16,20)(H,18,19)/t11-,12-,15-/m1/s1. The van der Waals surface area contributed by atoms with Crippen LogP contribution in [0.25, 0.3) is 0 Å². The Kier molecular flexibility index (Phi) is 3.87. The Morgan fingerprint density at radius 3 is 2.87 bits per heavy atom. The Labute approximate surface area is 131 Å². The molecule has 8 heteroatoms. The highest BCUT2D eigenvalue weighted by atomic mass is 16.7. The van der Waals surface area contributed by atoms with Crippen molar-refractivity contribution in [2.45, 2.75) is 43.9 Å². The van der Waals surface area contributed by atoms with Crippen molar-refractivity contribution in [1.29, 1.82) is 0 Å². The molecule has 8 nitrogen and oxygen atoms in total. The number of rotatable bonds is 2. The normalized spacial score (nSPS) is 29.4. The summed E-state index contributed by atoms with van der Waals surface area (Å²) in [6, 6.07) is 4.43. The van der Waals surface area contributed by atoms with E-state index in [0.29, 0.717) is 30.6 Å². The number of hydrogen-bond donors (Lipinski definition) is 3. The zero-order valence-corrected chi connectivity index (χ0v) is 12.2. The van der Waals surface area contributed by atoms with E-state index in [1.807, 2.05) is 0 Å². The van der Waals surface area contributed by atoms with Crippen LogP contribution in [0.3, 0.4) is 0 Å². The minimum absolute atomic E-state index is 0.0941. The molecule has 1 aromatic carbocycles. The van der Waals surface area contributed by atoms with Gasteiger partial charge in [0.05, 0.1) is 12.2 Å². The zero-order valence-electron chi connectivity index (χ0n) is 12.2. The van der Waals surface area contributed by atoms with Gasteiger partial charge in [0.1, 0.15) is 11.9 Å². The van der Waals surface area contributed by atoms with Crippen LogP contribution in [-0.4, -0.2) is 40.3 Å². The number of aromatic carboxylic acids is 1. The predicted molar refractivity (Wildman–Crippen MR) is 75.9 cm³/mol. The van der Waals surface area contributed by atoms with E-state index in [2.05, 4.69) is 0 Å². The molecule has 0 bridgehead atoms. The third kappa shape index (κ3) is 2.82. The SMILES string of the molecule is NC(=O)O[C@@H]1CCC[C@]2(OCc3cc(C(=O)O)ccc3O2)[C@@H]1O. The predicted octanol–water partition coefficient (Wildman–Crippen LogP) is 0.999. The molecule has 1 saturated carbocycles. The van der Waals surface area contributed by atoms with Crippen LogP contribution in [0, 0.1) is 0 Å². The molecule has 1 fully saturated rings. The van der Waals surface area contributed by atoms with Crippen molar-refractivity contribution >= 4 is 12.1 Å². The minimum Gasteiger partial charge on any atom is -0.478 e. The van der Waals surface area contributed by atoms with E-state index in [1.54, 1.807) is 0 Å². The van der Waals surface area contributed by atoms with Gasteiger partial charge in [0.15, 0.2) is 6.10 Å². The van der Waals surface area contributed by atoms with Crippen LogP contribution < -0.4 is 10.5 Å². The molecule has 1 spiro atoms. The van der Waals surface area contributed by atoms with Gasteiger partial charge in [-0.1, -0.05) is 0 Å². The number of ether oxygens (including phenoxy) is 3. The third-order valence-electron chi connectivity index (χ3n) is 4.15. The van der Waals surface area contributed by atoms with E-state index in [1.165, 1.54) is 18.2 Å². The molecular weight excluding hydrogens is 306 g/mol. The Balaban J connectivity index is 1.84. The Bertz CT molecular complexity index is 647. The molecule has 1 heterocycles. The van der Waals surface area contributed by atoms with Gasteiger partial charge in [0.25, 0.3) is 0 Å². The second-order valence-electron chi connectivity index (χ2n) is 5.64. The lowest BCUT2D eigenvalue weighted by Crippen LogP contribution is -2.59. The van der Waals surface area contributed by atoms with Crippen LogP contribution in [0.5, 0.6) is 5.75 Å².